The summed E-state index contributed by atoms with van der Waals surface area (Å²) in [6, 6.07) is 2.70. The lowest BCUT2D eigenvalue weighted by Crippen LogP contribution is -2.63. The van der Waals surface area contributed by atoms with Crippen molar-refractivity contribution in [3.05, 3.63) is 35.9 Å². The van der Waals surface area contributed by atoms with E-state index in [0.29, 0.717) is 5.56 Å². The minimum atomic E-state index is -1.56. The lowest BCUT2D eigenvalue weighted by Gasteiger charge is -2.35. The van der Waals surface area contributed by atoms with E-state index in [4.69, 9.17) is 11.1 Å². The molecular weight excluding hydrogens is 548 g/mol. The van der Waals surface area contributed by atoms with Crippen molar-refractivity contribution >= 4 is 41.5 Å². The van der Waals surface area contributed by atoms with Crippen molar-refractivity contribution in [1.82, 2.24) is 31.5 Å². The van der Waals surface area contributed by atoms with Gasteiger partial charge in [0, 0.05) is 13.5 Å². The first-order valence-corrected chi connectivity index (χ1v) is 13.6. The van der Waals surface area contributed by atoms with Crippen LogP contribution < -0.4 is 32.3 Å². The number of likely N-dealkylation sites (N-methyl/N-ethyl adjacent to an activating group) is 1. The summed E-state index contributed by atoms with van der Waals surface area (Å²) in [7, 11) is 1.39. The van der Waals surface area contributed by atoms with Crippen LogP contribution in [0.5, 0.6) is 0 Å². The Labute approximate surface area is 243 Å². The second-order valence-corrected chi connectivity index (χ2v) is 10.4. The van der Waals surface area contributed by atoms with Gasteiger partial charge in [-0.25, -0.2) is 0 Å². The normalized spacial score (nSPS) is 23.5. The number of carboxylic acid groups (broad SMARTS) is 1. The summed E-state index contributed by atoms with van der Waals surface area (Å²) in [5.74, 6) is -6.20. The Morgan fingerprint density at radius 2 is 1.69 bits per heavy atom. The number of nitrogens with zero attached hydrogens (tertiary/aromatic N) is 1. The topological polar surface area (TPSA) is 236 Å². The fourth-order valence-corrected chi connectivity index (χ4v) is 4.75. The minimum Gasteiger partial charge on any atom is -0.481 e. The molecule has 42 heavy (non-hydrogen) atoms. The minimum absolute atomic E-state index is 0.0129. The van der Waals surface area contributed by atoms with Gasteiger partial charge in [0.25, 0.3) is 0 Å². The van der Waals surface area contributed by atoms with E-state index in [1.54, 1.807) is 51.1 Å². The van der Waals surface area contributed by atoms with Crippen molar-refractivity contribution in [2.75, 3.05) is 13.6 Å². The molecule has 1 aliphatic heterocycles. The number of amides is 5. The monoisotopic (exact) mass is 588 g/mol. The predicted octanol–water partition coefficient (Wildman–Crippen LogP) is -1.97. The molecule has 0 radical (unpaired) electrons. The Morgan fingerprint density at radius 1 is 1.05 bits per heavy atom. The number of nitrogens with one attached hydrogen (secondary N) is 6. The van der Waals surface area contributed by atoms with E-state index in [-0.39, 0.29) is 12.8 Å². The molecule has 1 heterocycles. The van der Waals surface area contributed by atoms with Crippen molar-refractivity contribution in [3.63, 3.8) is 0 Å². The highest BCUT2D eigenvalue weighted by molar-refractivity contribution is 5.98. The number of hydrogen-bond acceptors (Lipinski definition) is 7. The van der Waals surface area contributed by atoms with Crippen molar-refractivity contribution < 1.29 is 33.9 Å². The summed E-state index contributed by atoms with van der Waals surface area (Å²) >= 11 is 0. The summed E-state index contributed by atoms with van der Waals surface area (Å²) < 4.78 is 0. The number of guanidine groups is 1. The molecule has 1 saturated heterocycles. The van der Waals surface area contributed by atoms with Gasteiger partial charge in [-0.15, -0.1) is 0 Å². The first-order valence-electron chi connectivity index (χ1n) is 13.6. The van der Waals surface area contributed by atoms with Crippen LogP contribution in [0.15, 0.2) is 30.3 Å². The van der Waals surface area contributed by atoms with Crippen LogP contribution in [0.4, 0.5) is 0 Å². The quantitative estimate of drug-likeness (QED) is 0.124. The summed E-state index contributed by atoms with van der Waals surface area (Å²) in [5, 5.41) is 29.5. The molecule has 5 atom stereocenters. The summed E-state index contributed by atoms with van der Waals surface area (Å²) in [6.07, 6.45) is -0.534. The molecule has 15 nitrogen and oxygen atoms in total. The smallest absolute Gasteiger partial charge is 0.305 e. The average Bonchev–Trinajstić information content (AvgIpc) is 2.91. The Hall–Kier alpha value is -4.69. The molecule has 1 aromatic rings. The highest BCUT2D eigenvalue weighted by Crippen LogP contribution is 2.15. The van der Waals surface area contributed by atoms with Gasteiger partial charge in [0.05, 0.1) is 19.0 Å². The third-order valence-electron chi connectivity index (χ3n) is 6.78. The van der Waals surface area contributed by atoms with Crippen LogP contribution in [0.3, 0.4) is 0 Å². The Balaban J connectivity index is 2.60. The molecule has 2 rings (SSSR count). The Bertz CT molecular complexity index is 1180. The highest BCUT2D eigenvalue weighted by atomic mass is 16.4. The van der Waals surface area contributed by atoms with E-state index >= 15 is 0 Å². The summed E-state index contributed by atoms with van der Waals surface area (Å²) in [5.41, 5.74) is 6.17. The molecule has 1 fully saturated rings. The maximum atomic E-state index is 13.9. The maximum Gasteiger partial charge on any atom is 0.305 e. The van der Waals surface area contributed by atoms with E-state index in [9.17, 15) is 33.9 Å². The number of benzene rings is 1. The van der Waals surface area contributed by atoms with Crippen molar-refractivity contribution in [2.45, 2.75) is 70.2 Å². The number of carbonyl (C=O) groups is 6. The molecule has 1 aliphatic rings. The van der Waals surface area contributed by atoms with Crippen LogP contribution >= 0.6 is 0 Å². The second-order valence-electron chi connectivity index (χ2n) is 10.4. The van der Waals surface area contributed by atoms with E-state index in [1.807, 2.05) is 0 Å². The van der Waals surface area contributed by atoms with Crippen molar-refractivity contribution in [2.24, 2.45) is 11.7 Å². The molecule has 0 aromatic heterocycles. The zero-order chi connectivity index (χ0) is 31.6. The number of carbonyl (C=O) groups excluding carboxylic acids is 5. The number of rotatable bonds is 8. The van der Waals surface area contributed by atoms with Crippen LogP contribution in [0.2, 0.25) is 0 Å². The van der Waals surface area contributed by atoms with Gasteiger partial charge in [0.1, 0.15) is 24.2 Å². The Morgan fingerprint density at radius 3 is 2.24 bits per heavy atom. The van der Waals surface area contributed by atoms with Crippen LogP contribution in [-0.2, 0) is 35.2 Å². The van der Waals surface area contributed by atoms with Gasteiger partial charge in [0.15, 0.2) is 5.96 Å². The standard InChI is InChI=1S/C27H40N8O7/c1-5-16(33-27(28)29)21-24(40)30-13-19(36)31-17(12-20(37)38)23(39)32-18(11-15-9-7-6-8-10-15)26(42)35(4)22(14(2)3)25(41)34-21/h6-10,14,16-18,21-22H,5,11-13H2,1-4H3,(H,30,40)(H,31,36)(H,32,39)(H,34,41)(H,37,38)(H4,28,29,33)/t16?,17-,18+,21-,22-/m0/s1. The first kappa shape index (κ1) is 33.5. The van der Waals surface area contributed by atoms with E-state index < -0.39 is 90.6 Å². The van der Waals surface area contributed by atoms with E-state index in [0.717, 1.165) is 0 Å². The average molecular weight is 589 g/mol. The highest BCUT2D eigenvalue weighted by Gasteiger charge is 2.39. The largest absolute Gasteiger partial charge is 0.481 e. The lowest BCUT2D eigenvalue weighted by molar-refractivity contribution is -0.144. The maximum absolute atomic E-state index is 13.9. The molecule has 9 N–H and O–H groups in total. The van der Waals surface area contributed by atoms with Crippen molar-refractivity contribution in [3.8, 4) is 0 Å². The van der Waals surface area contributed by atoms with Gasteiger partial charge in [-0.2, -0.15) is 0 Å². The number of nitrogens with two attached hydrogens (primary N) is 1. The van der Waals surface area contributed by atoms with Gasteiger partial charge in [0.2, 0.25) is 29.5 Å². The molecule has 0 aliphatic carbocycles. The van der Waals surface area contributed by atoms with Crippen LogP contribution in [0.25, 0.3) is 0 Å². The summed E-state index contributed by atoms with van der Waals surface area (Å²) in [4.78, 5) is 79.4. The number of carboxylic acids is 1. The predicted molar refractivity (Wildman–Crippen MR) is 152 cm³/mol. The third-order valence-corrected chi connectivity index (χ3v) is 6.78. The van der Waals surface area contributed by atoms with Gasteiger partial charge in [-0.05, 0) is 17.9 Å². The van der Waals surface area contributed by atoms with E-state index in [2.05, 4.69) is 26.6 Å². The second kappa shape index (κ2) is 15.3. The van der Waals surface area contributed by atoms with Gasteiger partial charge in [-0.3, -0.25) is 34.2 Å². The zero-order valence-electron chi connectivity index (χ0n) is 24.1. The molecule has 0 spiro atoms. The number of aliphatic carboxylic acids is 1. The number of hydrogen-bond donors (Lipinski definition) is 8. The third kappa shape index (κ3) is 9.45. The van der Waals surface area contributed by atoms with Crippen LogP contribution in [-0.4, -0.2) is 95.3 Å². The molecule has 0 saturated carbocycles. The SMILES string of the molecule is CCC(NC(=N)N)[C@@H]1NC(=O)[C@H](C(C)C)N(C)C(=O)[C@@H](Cc2ccccc2)NC(=O)[C@H](CC(=O)O)NC(=O)CNC1=O. The van der Waals surface area contributed by atoms with Crippen molar-refractivity contribution in [1.29, 1.82) is 5.41 Å². The van der Waals surface area contributed by atoms with Crippen LogP contribution in [0.1, 0.15) is 39.2 Å². The fourth-order valence-electron chi connectivity index (χ4n) is 4.75. The Kier molecular flexibility index (Phi) is 12.2. The van der Waals surface area contributed by atoms with Gasteiger partial charge < -0.3 is 42.3 Å². The molecule has 1 aromatic carbocycles. The molecule has 0 bridgehead atoms. The molecule has 15 heteroatoms. The van der Waals surface area contributed by atoms with Gasteiger partial charge in [-0.1, -0.05) is 51.1 Å². The molecule has 5 amide bonds. The van der Waals surface area contributed by atoms with Crippen LogP contribution in [0, 0.1) is 11.3 Å². The van der Waals surface area contributed by atoms with E-state index in [1.165, 1.54) is 11.9 Å². The molecule has 1 unspecified atom stereocenters. The lowest BCUT2D eigenvalue weighted by atomic mass is 9.97. The first-order chi connectivity index (χ1) is 19.7. The van der Waals surface area contributed by atoms with Gasteiger partial charge >= 0.3 is 5.97 Å². The molecular formula is C27H40N8O7. The summed E-state index contributed by atoms with van der Waals surface area (Å²) in [6.45, 7) is 4.46. The fraction of sp³-hybridized carbons (Fsp3) is 0.519. The molecule has 230 valence electrons. The zero-order valence-corrected chi connectivity index (χ0v) is 24.1.